The molecule has 0 saturated carbocycles. The summed E-state index contributed by atoms with van der Waals surface area (Å²) in [7, 11) is 2.02. The molecule has 0 radical (unpaired) electrons. The van der Waals surface area contributed by atoms with Crippen LogP contribution in [0.5, 0.6) is 0 Å². The molecule has 1 fully saturated rings. The number of aromatic nitrogens is 3. The number of rotatable bonds is 4. The number of likely N-dealkylation sites (tertiary alicyclic amines) is 1. The van der Waals surface area contributed by atoms with Crippen LogP contribution in [0.3, 0.4) is 0 Å². The second kappa shape index (κ2) is 5.61. The van der Waals surface area contributed by atoms with Gasteiger partial charge in [-0.15, -0.1) is 0 Å². The Hall–Kier alpha value is -1.66. The first kappa shape index (κ1) is 14.3. The Bertz CT molecular complexity index is 606. The van der Waals surface area contributed by atoms with Crippen LogP contribution in [-0.2, 0) is 20.0 Å². The summed E-state index contributed by atoms with van der Waals surface area (Å²) >= 11 is 0. The number of aliphatic hydroxyl groups is 1. The Kier molecular flexibility index (Phi) is 3.82. The summed E-state index contributed by atoms with van der Waals surface area (Å²) in [5.74, 6) is 1.14. The summed E-state index contributed by atoms with van der Waals surface area (Å²) in [6.07, 6.45) is 6.36. The van der Waals surface area contributed by atoms with E-state index in [0.717, 1.165) is 25.9 Å². The van der Waals surface area contributed by atoms with E-state index in [1.165, 1.54) is 5.56 Å². The van der Waals surface area contributed by atoms with Crippen molar-refractivity contribution in [3.05, 3.63) is 35.7 Å². The van der Waals surface area contributed by atoms with Gasteiger partial charge in [0.1, 0.15) is 0 Å². The first-order valence-corrected chi connectivity index (χ1v) is 7.37. The van der Waals surface area contributed by atoms with Gasteiger partial charge in [0, 0.05) is 32.5 Å². The highest BCUT2D eigenvalue weighted by Crippen LogP contribution is 2.26. The number of aryl methyl sites for hydroxylation is 2. The van der Waals surface area contributed by atoms with E-state index in [9.17, 15) is 5.11 Å². The molecule has 0 aromatic carbocycles. The van der Waals surface area contributed by atoms with Gasteiger partial charge in [-0.1, -0.05) is 5.16 Å². The van der Waals surface area contributed by atoms with Gasteiger partial charge in [0.2, 0.25) is 5.89 Å². The lowest BCUT2D eigenvalue weighted by atomic mass is 9.89. The minimum absolute atomic E-state index is 0.430. The van der Waals surface area contributed by atoms with E-state index in [1.54, 1.807) is 6.92 Å². The average Bonchev–Trinajstić information content (AvgIpc) is 2.98. The van der Waals surface area contributed by atoms with E-state index < -0.39 is 5.60 Å². The quantitative estimate of drug-likeness (QED) is 0.919. The minimum Gasteiger partial charge on any atom is -0.388 e. The zero-order chi connectivity index (χ0) is 14.9. The van der Waals surface area contributed by atoms with Gasteiger partial charge in [0.25, 0.3) is 0 Å². The van der Waals surface area contributed by atoms with E-state index in [1.807, 2.05) is 17.8 Å². The average molecular weight is 290 g/mol. The van der Waals surface area contributed by atoms with Crippen molar-refractivity contribution in [3.63, 3.8) is 0 Å². The van der Waals surface area contributed by atoms with Gasteiger partial charge in [0.05, 0.1) is 12.0 Å². The van der Waals surface area contributed by atoms with Gasteiger partial charge in [-0.3, -0.25) is 4.90 Å². The number of hydrogen-bond acceptors (Lipinski definition) is 5. The van der Waals surface area contributed by atoms with Gasteiger partial charge in [-0.25, -0.2) is 0 Å². The Morgan fingerprint density at radius 3 is 3.00 bits per heavy atom. The summed E-state index contributed by atoms with van der Waals surface area (Å²) < 4.78 is 7.19. The standard InChI is InChI=1S/C15H22N4O2/c1-12-16-14(21-17-12)8-15(20)5-3-6-19(11-15)10-13-4-7-18(2)9-13/h4,7,9,20H,3,5-6,8,10-11H2,1-2H3. The second-order valence-corrected chi connectivity index (χ2v) is 6.14. The van der Waals surface area contributed by atoms with Crippen LogP contribution < -0.4 is 0 Å². The molecule has 0 spiro atoms. The molecule has 2 aromatic rings. The maximum Gasteiger partial charge on any atom is 0.229 e. The number of nitrogens with zero attached hydrogens (tertiary/aromatic N) is 4. The number of hydrogen-bond donors (Lipinski definition) is 1. The molecule has 1 saturated heterocycles. The summed E-state index contributed by atoms with van der Waals surface area (Å²) in [4.78, 5) is 6.50. The van der Waals surface area contributed by atoms with Crippen molar-refractivity contribution in [2.45, 2.75) is 38.3 Å². The molecule has 6 heteroatoms. The van der Waals surface area contributed by atoms with Crippen LogP contribution in [0.1, 0.15) is 30.1 Å². The van der Waals surface area contributed by atoms with Crippen molar-refractivity contribution in [2.75, 3.05) is 13.1 Å². The smallest absolute Gasteiger partial charge is 0.229 e. The lowest BCUT2D eigenvalue weighted by Crippen LogP contribution is -2.49. The van der Waals surface area contributed by atoms with Crippen molar-refractivity contribution in [1.82, 2.24) is 19.6 Å². The van der Waals surface area contributed by atoms with Crippen LogP contribution in [-0.4, -0.2) is 43.4 Å². The largest absolute Gasteiger partial charge is 0.388 e. The highest BCUT2D eigenvalue weighted by atomic mass is 16.5. The molecule has 3 heterocycles. The van der Waals surface area contributed by atoms with E-state index in [0.29, 0.717) is 24.7 Å². The van der Waals surface area contributed by atoms with Crippen LogP contribution in [0.25, 0.3) is 0 Å². The van der Waals surface area contributed by atoms with Gasteiger partial charge in [0.15, 0.2) is 5.82 Å². The fourth-order valence-corrected chi connectivity index (χ4v) is 3.09. The van der Waals surface area contributed by atoms with E-state index >= 15 is 0 Å². The van der Waals surface area contributed by atoms with Crippen molar-refractivity contribution in [2.24, 2.45) is 7.05 Å². The third-order valence-electron chi connectivity index (χ3n) is 3.98. The summed E-state index contributed by atoms with van der Waals surface area (Å²) in [6, 6.07) is 2.12. The van der Waals surface area contributed by atoms with Crippen LogP contribution >= 0.6 is 0 Å². The highest BCUT2D eigenvalue weighted by Gasteiger charge is 2.35. The first-order chi connectivity index (χ1) is 10.0. The normalized spacial score (nSPS) is 23.6. The summed E-state index contributed by atoms with van der Waals surface area (Å²) in [5.41, 5.74) is 0.502. The second-order valence-electron chi connectivity index (χ2n) is 6.14. The van der Waals surface area contributed by atoms with E-state index in [2.05, 4.69) is 27.3 Å². The molecule has 1 atom stereocenters. The molecule has 0 aliphatic carbocycles. The predicted octanol–water partition coefficient (Wildman–Crippen LogP) is 1.29. The highest BCUT2D eigenvalue weighted by molar-refractivity contribution is 5.10. The van der Waals surface area contributed by atoms with Gasteiger partial charge >= 0.3 is 0 Å². The molecule has 114 valence electrons. The van der Waals surface area contributed by atoms with Crippen LogP contribution in [0.2, 0.25) is 0 Å². The van der Waals surface area contributed by atoms with Crippen molar-refractivity contribution in [1.29, 1.82) is 0 Å². The van der Waals surface area contributed by atoms with E-state index in [-0.39, 0.29) is 0 Å². The molecule has 6 nitrogen and oxygen atoms in total. The molecule has 1 N–H and O–H groups in total. The van der Waals surface area contributed by atoms with Crippen molar-refractivity contribution >= 4 is 0 Å². The summed E-state index contributed by atoms with van der Waals surface area (Å²) in [6.45, 7) is 4.31. The predicted molar refractivity (Wildman–Crippen MR) is 77.6 cm³/mol. The monoisotopic (exact) mass is 290 g/mol. The molecule has 1 aliphatic heterocycles. The Morgan fingerprint density at radius 1 is 1.48 bits per heavy atom. The zero-order valence-corrected chi connectivity index (χ0v) is 12.6. The molecule has 2 aromatic heterocycles. The third kappa shape index (κ3) is 3.51. The fourth-order valence-electron chi connectivity index (χ4n) is 3.09. The van der Waals surface area contributed by atoms with Gasteiger partial charge < -0.3 is 14.2 Å². The first-order valence-electron chi connectivity index (χ1n) is 7.37. The molecule has 0 bridgehead atoms. The minimum atomic E-state index is -0.772. The van der Waals surface area contributed by atoms with Crippen LogP contribution in [0.4, 0.5) is 0 Å². The number of piperidine rings is 1. The molecular weight excluding hydrogens is 268 g/mol. The lowest BCUT2D eigenvalue weighted by molar-refractivity contribution is -0.0373. The summed E-state index contributed by atoms with van der Waals surface area (Å²) in [5, 5.41) is 14.6. The molecule has 1 aliphatic rings. The molecular formula is C15H22N4O2. The maximum atomic E-state index is 10.8. The van der Waals surface area contributed by atoms with Crippen molar-refractivity contribution in [3.8, 4) is 0 Å². The zero-order valence-electron chi connectivity index (χ0n) is 12.6. The Balaban J connectivity index is 1.64. The van der Waals surface area contributed by atoms with Crippen molar-refractivity contribution < 1.29 is 9.63 Å². The molecule has 1 unspecified atom stereocenters. The SMILES string of the molecule is Cc1noc(CC2(O)CCCN(Cc3ccn(C)c3)C2)n1. The Morgan fingerprint density at radius 2 is 2.33 bits per heavy atom. The van der Waals surface area contributed by atoms with Crippen LogP contribution in [0, 0.1) is 6.92 Å². The third-order valence-corrected chi connectivity index (χ3v) is 3.98. The van der Waals surface area contributed by atoms with Gasteiger partial charge in [-0.2, -0.15) is 4.98 Å². The Labute approximate surface area is 124 Å². The maximum absolute atomic E-state index is 10.8. The van der Waals surface area contributed by atoms with E-state index in [4.69, 9.17) is 4.52 Å². The van der Waals surface area contributed by atoms with Crippen LogP contribution in [0.15, 0.2) is 23.0 Å². The molecule has 0 amide bonds. The molecule has 3 rings (SSSR count). The number of β-amino-alcohol motifs (C(OH)–C–C–N with tert-alkyl or cyclic N) is 1. The topological polar surface area (TPSA) is 67.3 Å². The fraction of sp³-hybridized carbons (Fsp3) is 0.600. The molecule has 21 heavy (non-hydrogen) atoms. The lowest BCUT2D eigenvalue weighted by Gasteiger charge is -2.38. The van der Waals surface area contributed by atoms with Gasteiger partial charge in [-0.05, 0) is 37.9 Å².